The zero-order chi connectivity index (χ0) is 12.3. The second-order valence-corrected chi connectivity index (χ2v) is 5.01. The normalized spacial score (nSPS) is 15.4. The Labute approximate surface area is 109 Å². The molecule has 3 N–H and O–H groups in total. The van der Waals surface area contributed by atoms with Gasteiger partial charge in [-0.05, 0) is 34.8 Å². The van der Waals surface area contributed by atoms with E-state index in [-0.39, 0.29) is 5.91 Å². The van der Waals surface area contributed by atoms with Crippen molar-refractivity contribution in [3.05, 3.63) is 34.6 Å². The summed E-state index contributed by atoms with van der Waals surface area (Å²) in [5.41, 5.74) is 6.04. The lowest BCUT2D eigenvalue weighted by molar-refractivity contribution is 0.0948. The van der Waals surface area contributed by atoms with Crippen molar-refractivity contribution in [1.82, 2.24) is 9.88 Å². The Morgan fingerprint density at radius 1 is 1.59 bits per heavy atom. The number of hydrogen-bond acceptors (Lipinski definition) is 2. The lowest BCUT2D eigenvalue weighted by atomic mass is 10.4. The van der Waals surface area contributed by atoms with Gasteiger partial charge in [0, 0.05) is 29.8 Å². The van der Waals surface area contributed by atoms with Crippen LogP contribution in [0.2, 0.25) is 0 Å². The van der Waals surface area contributed by atoms with Crippen molar-refractivity contribution in [2.75, 3.05) is 13.1 Å². The Bertz CT molecular complexity index is 435. The summed E-state index contributed by atoms with van der Waals surface area (Å²) >= 11 is 3.41. The second kappa shape index (κ2) is 5.51. The molecule has 1 saturated carbocycles. The number of aromatic nitrogens is 1. The van der Waals surface area contributed by atoms with Crippen molar-refractivity contribution in [1.29, 1.82) is 0 Å². The van der Waals surface area contributed by atoms with Crippen molar-refractivity contribution in [3.63, 3.8) is 0 Å². The Balaban J connectivity index is 2.00. The molecule has 92 valence electrons. The van der Waals surface area contributed by atoms with E-state index in [0.717, 1.165) is 23.0 Å². The first-order chi connectivity index (χ1) is 8.22. The highest BCUT2D eigenvalue weighted by molar-refractivity contribution is 9.10. The fourth-order valence-corrected chi connectivity index (χ4v) is 2.14. The van der Waals surface area contributed by atoms with Crippen LogP contribution in [0.1, 0.15) is 29.4 Å². The Morgan fingerprint density at radius 2 is 2.35 bits per heavy atom. The summed E-state index contributed by atoms with van der Waals surface area (Å²) in [4.78, 5) is 12.0. The molecule has 4 nitrogen and oxygen atoms in total. The number of nitrogens with two attached hydrogens (primary N) is 1. The predicted molar refractivity (Wildman–Crippen MR) is 70.9 cm³/mol. The molecule has 0 saturated heterocycles. The molecule has 1 aliphatic carbocycles. The lowest BCUT2D eigenvalue weighted by Gasteiger charge is -2.06. The van der Waals surface area contributed by atoms with Crippen molar-refractivity contribution in [2.24, 2.45) is 5.73 Å². The van der Waals surface area contributed by atoms with Crippen LogP contribution in [-0.2, 0) is 0 Å². The van der Waals surface area contributed by atoms with Gasteiger partial charge in [-0.1, -0.05) is 12.2 Å². The number of carbonyl (C=O) groups is 1. The minimum atomic E-state index is -0.0377. The van der Waals surface area contributed by atoms with Gasteiger partial charge in [0.25, 0.3) is 5.91 Å². The SMILES string of the molecule is NC/C=C/CNC(=O)c1cc(Br)cn1C1CC1. The maximum Gasteiger partial charge on any atom is 0.268 e. The van der Waals surface area contributed by atoms with Crippen LogP contribution in [0.25, 0.3) is 0 Å². The van der Waals surface area contributed by atoms with E-state index in [1.165, 1.54) is 0 Å². The van der Waals surface area contributed by atoms with Crippen molar-refractivity contribution >= 4 is 21.8 Å². The van der Waals surface area contributed by atoms with Crippen molar-refractivity contribution < 1.29 is 4.79 Å². The Hall–Kier alpha value is -1.07. The first-order valence-corrected chi connectivity index (χ1v) is 6.52. The third-order valence-electron chi connectivity index (χ3n) is 2.67. The van der Waals surface area contributed by atoms with Crippen LogP contribution in [0.5, 0.6) is 0 Å². The number of nitrogens with one attached hydrogen (secondary N) is 1. The van der Waals surface area contributed by atoms with Gasteiger partial charge in [-0.25, -0.2) is 0 Å². The van der Waals surface area contributed by atoms with Crippen LogP contribution in [-0.4, -0.2) is 23.6 Å². The molecule has 0 spiro atoms. The lowest BCUT2D eigenvalue weighted by Crippen LogP contribution is -2.25. The molecule has 2 rings (SSSR count). The largest absolute Gasteiger partial charge is 0.347 e. The van der Waals surface area contributed by atoms with Crippen molar-refractivity contribution in [3.8, 4) is 0 Å². The minimum Gasteiger partial charge on any atom is -0.347 e. The molecule has 0 radical (unpaired) electrons. The van der Waals surface area contributed by atoms with Crippen molar-refractivity contribution in [2.45, 2.75) is 18.9 Å². The zero-order valence-corrected chi connectivity index (χ0v) is 11.1. The summed E-state index contributed by atoms with van der Waals surface area (Å²) in [6, 6.07) is 2.36. The number of hydrogen-bond donors (Lipinski definition) is 2. The van der Waals surface area contributed by atoms with Gasteiger partial charge in [0.15, 0.2) is 0 Å². The van der Waals surface area contributed by atoms with E-state index in [9.17, 15) is 4.79 Å². The highest BCUT2D eigenvalue weighted by Gasteiger charge is 2.27. The second-order valence-electron chi connectivity index (χ2n) is 4.10. The number of carbonyl (C=O) groups excluding carboxylic acids is 1. The van der Waals surface area contributed by atoms with Crippen LogP contribution in [0.15, 0.2) is 28.9 Å². The molecular weight excluding hydrogens is 282 g/mol. The standard InChI is InChI=1S/C12H16BrN3O/c13-9-7-11(16(8-9)10-3-4-10)12(17)15-6-2-1-5-14/h1-2,7-8,10H,3-6,14H2,(H,15,17)/b2-1+. The van der Waals surface area contributed by atoms with E-state index in [4.69, 9.17) is 5.73 Å². The van der Waals surface area contributed by atoms with E-state index in [2.05, 4.69) is 21.2 Å². The first-order valence-electron chi connectivity index (χ1n) is 5.73. The van der Waals surface area contributed by atoms with Crippen LogP contribution >= 0.6 is 15.9 Å². The number of rotatable bonds is 5. The third kappa shape index (κ3) is 3.20. The Morgan fingerprint density at radius 3 is 3.00 bits per heavy atom. The molecule has 0 atom stereocenters. The van der Waals surface area contributed by atoms with Gasteiger partial charge in [-0.2, -0.15) is 0 Å². The summed E-state index contributed by atoms with van der Waals surface area (Å²) in [6.07, 6.45) is 7.98. The van der Waals surface area contributed by atoms with Gasteiger partial charge < -0.3 is 15.6 Å². The van der Waals surface area contributed by atoms with Gasteiger partial charge in [-0.15, -0.1) is 0 Å². The van der Waals surface area contributed by atoms with E-state index >= 15 is 0 Å². The van der Waals surface area contributed by atoms with Gasteiger partial charge in [0.05, 0.1) is 0 Å². The summed E-state index contributed by atoms with van der Waals surface area (Å²) < 4.78 is 3.00. The van der Waals surface area contributed by atoms with Crippen LogP contribution < -0.4 is 11.1 Å². The Kier molecular flexibility index (Phi) is 4.02. The maximum absolute atomic E-state index is 12.0. The van der Waals surface area contributed by atoms with Gasteiger partial charge in [-0.3, -0.25) is 4.79 Å². The number of amides is 1. The average Bonchev–Trinajstić information content (AvgIpc) is 3.08. The van der Waals surface area contributed by atoms with Gasteiger partial charge >= 0.3 is 0 Å². The molecular formula is C12H16BrN3O. The zero-order valence-electron chi connectivity index (χ0n) is 9.53. The molecule has 1 heterocycles. The fourth-order valence-electron chi connectivity index (χ4n) is 1.70. The molecule has 0 aromatic carbocycles. The average molecular weight is 298 g/mol. The van der Waals surface area contributed by atoms with Crippen LogP contribution in [0.3, 0.4) is 0 Å². The van der Waals surface area contributed by atoms with Gasteiger partial charge in [0.1, 0.15) is 5.69 Å². The summed E-state index contributed by atoms with van der Waals surface area (Å²) in [6.45, 7) is 1.02. The summed E-state index contributed by atoms with van der Waals surface area (Å²) in [5, 5.41) is 2.85. The highest BCUT2D eigenvalue weighted by atomic mass is 79.9. The van der Waals surface area contributed by atoms with E-state index in [1.807, 2.05) is 29.0 Å². The fraction of sp³-hybridized carbons (Fsp3) is 0.417. The molecule has 0 aliphatic heterocycles. The molecule has 17 heavy (non-hydrogen) atoms. The maximum atomic E-state index is 12.0. The highest BCUT2D eigenvalue weighted by Crippen LogP contribution is 2.37. The predicted octanol–water partition coefficient (Wildman–Crippen LogP) is 1.83. The van der Waals surface area contributed by atoms with E-state index in [0.29, 0.717) is 19.1 Å². The topological polar surface area (TPSA) is 60.0 Å². The molecule has 1 amide bonds. The summed E-state index contributed by atoms with van der Waals surface area (Å²) in [5.74, 6) is -0.0377. The van der Waals surface area contributed by atoms with Crippen LogP contribution in [0.4, 0.5) is 0 Å². The molecule has 1 aromatic rings. The molecule has 0 bridgehead atoms. The third-order valence-corrected chi connectivity index (χ3v) is 3.10. The summed E-state index contributed by atoms with van der Waals surface area (Å²) in [7, 11) is 0. The van der Waals surface area contributed by atoms with E-state index < -0.39 is 0 Å². The van der Waals surface area contributed by atoms with E-state index in [1.54, 1.807) is 0 Å². The number of nitrogens with zero attached hydrogens (tertiary/aromatic N) is 1. The first kappa shape index (κ1) is 12.4. The smallest absolute Gasteiger partial charge is 0.268 e. The number of halogens is 1. The molecule has 1 fully saturated rings. The van der Waals surface area contributed by atoms with Crippen LogP contribution in [0, 0.1) is 0 Å². The molecule has 5 heteroatoms. The molecule has 0 unspecified atom stereocenters. The molecule has 1 aromatic heterocycles. The monoisotopic (exact) mass is 297 g/mol. The quantitative estimate of drug-likeness (QED) is 0.815. The minimum absolute atomic E-state index is 0.0377. The molecule has 1 aliphatic rings. The van der Waals surface area contributed by atoms with Gasteiger partial charge in [0.2, 0.25) is 0 Å².